The first-order valence-corrected chi connectivity index (χ1v) is 7.82. The molecule has 4 aliphatic rings. The average Bonchev–Trinajstić information content (AvgIpc) is 2.90. The SMILES string of the molecule is O=C(NC1CC2CCC(C1)N2)[C@H]1CC[C@@H]2CN1C(=O)N2. The lowest BCUT2D eigenvalue weighted by Crippen LogP contribution is -2.55. The fourth-order valence-corrected chi connectivity index (χ4v) is 4.32. The van der Waals surface area contributed by atoms with Crippen molar-refractivity contribution in [3.63, 3.8) is 0 Å². The Bertz CT molecular complexity index is 429. The van der Waals surface area contributed by atoms with E-state index in [0.717, 1.165) is 25.7 Å². The normalized spacial score (nSPS) is 42.5. The van der Waals surface area contributed by atoms with Crippen molar-refractivity contribution in [2.45, 2.75) is 68.7 Å². The van der Waals surface area contributed by atoms with Crippen molar-refractivity contribution in [2.75, 3.05) is 6.54 Å². The number of urea groups is 1. The Morgan fingerprint density at radius 2 is 1.80 bits per heavy atom. The molecule has 0 radical (unpaired) electrons. The van der Waals surface area contributed by atoms with Crippen LogP contribution in [0.15, 0.2) is 0 Å². The third-order valence-electron chi connectivity index (χ3n) is 5.29. The highest BCUT2D eigenvalue weighted by atomic mass is 16.2. The molecule has 2 unspecified atom stereocenters. The maximum absolute atomic E-state index is 12.5. The van der Waals surface area contributed by atoms with Crippen LogP contribution in [-0.4, -0.2) is 53.6 Å². The van der Waals surface area contributed by atoms with Gasteiger partial charge >= 0.3 is 6.03 Å². The lowest BCUT2D eigenvalue weighted by molar-refractivity contribution is -0.127. The molecular weight excluding hydrogens is 256 g/mol. The van der Waals surface area contributed by atoms with Gasteiger partial charge in [0, 0.05) is 30.7 Å². The average molecular weight is 278 g/mol. The number of carbonyl (C=O) groups is 2. The number of nitrogens with one attached hydrogen (secondary N) is 3. The zero-order chi connectivity index (χ0) is 13.7. The molecule has 6 nitrogen and oxygen atoms in total. The second-order valence-electron chi connectivity index (χ2n) is 6.71. The van der Waals surface area contributed by atoms with Gasteiger partial charge in [0.25, 0.3) is 0 Å². The van der Waals surface area contributed by atoms with E-state index in [9.17, 15) is 9.59 Å². The molecule has 0 saturated carbocycles. The summed E-state index contributed by atoms with van der Waals surface area (Å²) in [6.07, 6.45) is 6.23. The summed E-state index contributed by atoms with van der Waals surface area (Å²) < 4.78 is 0. The summed E-state index contributed by atoms with van der Waals surface area (Å²) >= 11 is 0. The van der Waals surface area contributed by atoms with Crippen LogP contribution in [0.25, 0.3) is 0 Å². The zero-order valence-electron chi connectivity index (χ0n) is 11.6. The van der Waals surface area contributed by atoms with Crippen LogP contribution in [0, 0.1) is 0 Å². The van der Waals surface area contributed by atoms with Crippen LogP contribution in [0.5, 0.6) is 0 Å². The fraction of sp³-hybridized carbons (Fsp3) is 0.857. The van der Waals surface area contributed by atoms with E-state index >= 15 is 0 Å². The van der Waals surface area contributed by atoms with Crippen LogP contribution < -0.4 is 16.0 Å². The minimum Gasteiger partial charge on any atom is -0.351 e. The largest absolute Gasteiger partial charge is 0.351 e. The minimum absolute atomic E-state index is 0.0480. The van der Waals surface area contributed by atoms with Crippen molar-refractivity contribution in [2.24, 2.45) is 0 Å². The van der Waals surface area contributed by atoms with Gasteiger partial charge in [-0.25, -0.2) is 4.79 Å². The van der Waals surface area contributed by atoms with Gasteiger partial charge in [0.2, 0.25) is 5.91 Å². The number of hydrogen-bond acceptors (Lipinski definition) is 3. The summed E-state index contributed by atoms with van der Waals surface area (Å²) in [4.78, 5) is 26.0. The van der Waals surface area contributed by atoms with Gasteiger partial charge in [0.05, 0.1) is 0 Å². The Morgan fingerprint density at radius 3 is 2.55 bits per heavy atom. The Balaban J connectivity index is 1.39. The van der Waals surface area contributed by atoms with E-state index in [1.54, 1.807) is 4.90 Å². The van der Waals surface area contributed by atoms with Crippen LogP contribution in [0.3, 0.4) is 0 Å². The Hall–Kier alpha value is -1.30. The molecule has 4 aliphatic heterocycles. The summed E-state index contributed by atoms with van der Waals surface area (Å²) in [6, 6.07) is 1.35. The van der Waals surface area contributed by atoms with Gasteiger partial charge in [-0.3, -0.25) is 4.79 Å². The van der Waals surface area contributed by atoms with Gasteiger partial charge in [0.15, 0.2) is 0 Å². The molecule has 20 heavy (non-hydrogen) atoms. The number of carbonyl (C=O) groups excluding carboxylic acids is 2. The molecule has 0 aromatic carbocycles. The van der Waals surface area contributed by atoms with Crippen molar-refractivity contribution in [3.8, 4) is 0 Å². The lowest BCUT2D eigenvalue weighted by Gasteiger charge is -2.34. The van der Waals surface area contributed by atoms with Crippen molar-refractivity contribution in [1.82, 2.24) is 20.9 Å². The second kappa shape index (κ2) is 4.62. The number of piperidine rings is 2. The molecule has 0 aromatic rings. The van der Waals surface area contributed by atoms with Crippen molar-refractivity contribution >= 4 is 11.9 Å². The van der Waals surface area contributed by atoms with E-state index in [1.165, 1.54) is 12.8 Å². The highest BCUT2D eigenvalue weighted by Crippen LogP contribution is 2.28. The van der Waals surface area contributed by atoms with E-state index in [-0.39, 0.29) is 30.1 Å². The number of hydrogen-bond donors (Lipinski definition) is 3. The van der Waals surface area contributed by atoms with Crippen molar-refractivity contribution in [3.05, 3.63) is 0 Å². The first-order chi connectivity index (χ1) is 9.69. The number of fused-ring (bicyclic) bond motifs is 4. The maximum atomic E-state index is 12.5. The molecule has 4 rings (SSSR count). The van der Waals surface area contributed by atoms with Gasteiger partial charge in [-0.1, -0.05) is 0 Å². The number of rotatable bonds is 2. The second-order valence-corrected chi connectivity index (χ2v) is 6.71. The summed E-state index contributed by atoms with van der Waals surface area (Å²) in [5.74, 6) is 0.0480. The molecule has 4 heterocycles. The van der Waals surface area contributed by atoms with Gasteiger partial charge in [-0.15, -0.1) is 0 Å². The molecule has 4 bridgehead atoms. The molecule has 6 heteroatoms. The molecular formula is C14H22N4O2. The molecule has 4 atom stereocenters. The van der Waals surface area contributed by atoms with E-state index in [1.807, 2.05) is 0 Å². The predicted molar refractivity (Wildman–Crippen MR) is 73.2 cm³/mol. The van der Waals surface area contributed by atoms with Gasteiger partial charge in [0.1, 0.15) is 6.04 Å². The van der Waals surface area contributed by atoms with E-state index in [2.05, 4.69) is 16.0 Å². The maximum Gasteiger partial charge on any atom is 0.318 e. The Labute approximate surface area is 118 Å². The number of nitrogens with zero attached hydrogens (tertiary/aromatic N) is 1. The Morgan fingerprint density at radius 1 is 1.10 bits per heavy atom. The van der Waals surface area contributed by atoms with E-state index in [4.69, 9.17) is 0 Å². The topological polar surface area (TPSA) is 73.5 Å². The summed E-state index contributed by atoms with van der Waals surface area (Å²) in [6.45, 7) is 0.689. The summed E-state index contributed by atoms with van der Waals surface area (Å²) in [5, 5.41) is 9.70. The van der Waals surface area contributed by atoms with E-state index < -0.39 is 0 Å². The predicted octanol–water partition coefficient (Wildman–Crippen LogP) is -0.0582. The molecule has 110 valence electrons. The standard InChI is InChI=1S/C14H22N4O2/c19-13(12-4-3-10-7-18(12)14(20)17-10)16-11-5-8-1-2-9(6-11)15-8/h8-12,15H,1-7H2,(H,16,19)(H,17,20)/t8?,9?,10-,11?,12-/m1/s1. The van der Waals surface area contributed by atoms with Gasteiger partial charge in [-0.2, -0.15) is 0 Å². The van der Waals surface area contributed by atoms with Gasteiger partial charge < -0.3 is 20.9 Å². The first-order valence-electron chi connectivity index (χ1n) is 7.82. The van der Waals surface area contributed by atoms with Crippen LogP contribution in [0.1, 0.15) is 38.5 Å². The third kappa shape index (κ3) is 2.06. The van der Waals surface area contributed by atoms with Crippen LogP contribution in [0.2, 0.25) is 0 Å². The van der Waals surface area contributed by atoms with Crippen LogP contribution >= 0.6 is 0 Å². The molecule has 3 amide bonds. The smallest absolute Gasteiger partial charge is 0.318 e. The monoisotopic (exact) mass is 278 g/mol. The quantitative estimate of drug-likeness (QED) is 0.662. The molecule has 4 fully saturated rings. The van der Waals surface area contributed by atoms with Gasteiger partial charge in [-0.05, 0) is 38.5 Å². The third-order valence-corrected chi connectivity index (χ3v) is 5.29. The van der Waals surface area contributed by atoms with Crippen molar-refractivity contribution < 1.29 is 9.59 Å². The molecule has 0 spiro atoms. The first kappa shape index (κ1) is 12.4. The van der Waals surface area contributed by atoms with Crippen molar-refractivity contribution in [1.29, 1.82) is 0 Å². The zero-order valence-corrected chi connectivity index (χ0v) is 11.6. The lowest BCUT2D eigenvalue weighted by atomic mass is 9.97. The van der Waals surface area contributed by atoms with E-state index in [0.29, 0.717) is 18.6 Å². The highest BCUT2D eigenvalue weighted by Gasteiger charge is 2.43. The number of amides is 3. The molecule has 3 N–H and O–H groups in total. The summed E-state index contributed by atoms with van der Waals surface area (Å²) in [7, 11) is 0. The highest BCUT2D eigenvalue weighted by molar-refractivity contribution is 5.89. The Kier molecular flexibility index (Phi) is 2.87. The summed E-state index contributed by atoms with van der Waals surface area (Å²) in [5.41, 5.74) is 0. The van der Waals surface area contributed by atoms with Crippen LogP contribution in [-0.2, 0) is 4.79 Å². The molecule has 4 saturated heterocycles. The minimum atomic E-state index is -0.263. The fourth-order valence-electron chi connectivity index (χ4n) is 4.32. The molecule has 0 aliphatic carbocycles. The van der Waals surface area contributed by atoms with Crippen LogP contribution in [0.4, 0.5) is 4.79 Å². The molecule has 0 aromatic heterocycles.